The number of amides is 1. The fraction of sp³-hybridized carbons (Fsp3) is 0.435. The highest BCUT2D eigenvalue weighted by Gasteiger charge is 2.24. The van der Waals surface area contributed by atoms with Gasteiger partial charge in [0.2, 0.25) is 0 Å². The molecule has 0 aliphatic carbocycles. The van der Waals surface area contributed by atoms with Crippen molar-refractivity contribution >= 4 is 17.5 Å². The highest BCUT2D eigenvalue weighted by atomic mass is 35.5. The molecule has 0 spiro atoms. The van der Waals surface area contributed by atoms with E-state index in [9.17, 15) is 4.79 Å². The van der Waals surface area contributed by atoms with Crippen molar-refractivity contribution in [3.05, 3.63) is 64.2 Å². The molecule has 0 radical (unpaired) electrons. The molecule has 28 heavy (non-hydrogen) atoms. The van der Waals surface area contributed by atoms with Crippen LogP contribution in [0.1, 0.15) is 42.0 Å². The van der Waals surface area contributed by atoms with Crippen LogP contribution in [0.3, 0.4) is 0 Å². The number of aryl methyl sites for hydroxylation is 1. The summed E-state index contributed by atoms with van der Waals surface area (Å²) in [7, 11) is 0. The van der Waals surface area contributed by atoms with E-state index in [1.807, 2.05) is 50.2 Å². The molecule has 1 fully saturated rings. The van der Waals surface area contributed by atoms with Gasteiger partial charge in [0.25, 0.3) is 5.91 Å². The van der Waals surface area contributed by atoms with Crippen LogP contribution in [0.15, 0.2) is 42.5 Å². The van der Waals surface area contributed by atoms with Crippen molar-refractivity contribution in [3.8, 4) is 5.75 Å². The van der Waals surface area contributed by atoms with Gasteiger partial charge in [-0.1, -0.05) is 48.4 Å². The number of nitrogens with zero attached hydrogens (tertiary/aromatic N) is 1. The number of benzene rings is 2. The van der Waals surface area contributed by atoms with Crippen LogP contribution < -0.4 is 10.1 Å². The minimum Gasteiger partial charge on any atom is -0.483 e. The summed E-state index contributed by atoms with van der Waals surface area (Å²) in [6, 6.07) is 13.9. The third kappa shape index (κ3) is 5.27. The Morgan fingerprint density at radius 2 is 1.86 bits per heavy atom. The molecule has 4 nitrogen and oxygen atoms in total. The molecule has 1 atom stereocenters. The fourth-order valence-electron chi connectivity index (χ4n) is 3.70. The van der Waals surface area contributed by atoms with Gasteiger partial charge in [0.1, 0.15) is 5.75 Å². The zero-order valence-electron chi connectivity index (χ0n) is 16.7. The monoisotopic (exact) mass is 400 g/mol. The molecule has 1 saturated heterocycles. The van der Waals surface area contributed by atoms with Gasteiger partial charge in [0.05, 0.1) is 6.04 Å². The summed E-state index contributed by atoms with van der Waals surface area (Å²) in [4.78, 5) is 14.9. The molecule has 0 saturated carbocycles. The number of piperidine rings is 1. The van der Waals surface area contributed by atoms with Crippen molar-refractivity contribution in [2.45, 2.75) is 39.2 Å². The highest BCUT2D eigenvalue weighted by molar-refractivity contribution is 6.31. The molecule has 0 bridgehead atoms. The quantitative estimate of drug-likeness (QED) is 0.733. The predicted molar refractivity (Wildman–Crippen MR) is 114 cm³/mol. The number of carbonyl (C=O) groups is 1. The molecule has 2 aromatic carbocycles. The Hall–Kier alpha value is -2.04. The molecule has 1 unspecified atom stereocenters. The Kier molecular flexibility index (Phi) is 7.35. The maximum absolute atomic E-state index is 12.4. The first-order chi connectivity index (χ1) is 13.6. The lowest BCUT2D eigenvalue weighted by molar-refractivity contribution is -0.123. The molecule has 1 amide bonds. The second kappa shape index (κ2) is 9.94. The van der Waals surface area contributed by atoms with Gasteiger partial charge in [-0.15, -0.1) is 0 Å². The molecule has 3 rings (SSSR count). The van der Waals surface area contributed by atoms with Gasteiger partial charge < -0.3 is 10.1 Å². The lowest BCUT2D eigenvalue weighted by Crippen LogP contribution is -2.41. The Labute approximate surface area is 172 Å². The molecular weight excluding hydrogens is 372 g/mol. The molecule has 1 N–H and O–H groups in total. The summed E-state index contributed by atoms with van der Waals surface area (Å²) in [6.07, 6.45) is 3.64. The zero-order valence-corrected chi connectivity index (χ0v) is 17.5. The fourth-order valence-corrected chi connectivity index (χ4v) is 3.96. The maximum Gasteiger partial charge on any atom is 0.258 e. The van der Waals surface area contributed by atoms with Gasteiger partial charge in [0.15, 0.2) is 6.61 Å². The van der Waals surface area contributed by atoms with Gasteiger partial charge in [-0.25, -0.2) is 0 Å². The first-order valence-corrected chi connectivity index (χ1v) is 10.4. The van der Waals surface area contributed by atoms with Gasteiger partial charge in [0, 0.05) is 11.6 Å². The summed E-state index contributed by atoms with van der Waals surface area (Å²) in [6.45, 7) is 6.65. The molecular formula is C23H29ClN2O2. The van der Waals surface area contributed by atoms with E-state index in [0.717, 1.165) is 40.6 Å². The summed E-state index contributed by atoms with van der Waals surface area (Å²) < 4.78 is 5.73. The van der Waals surface area contributed by atoms with E-state index < -0.39 is 0 Å². The van der Waals surface area contributed by atoms with Crippen LogP contribution in [-0.4, -0.2) is 37.0 Å². The van der Waals surface area contributed by atoms with Crippen LogP contribution in [0, 0.1) is 13.8 Å². The van der Waals surface area contributed by atoms with E-state index in [-0.39, 0.29) is 18.6 Å². The molecule has 1 heterocycles. The van der Waals surface area contributed by atoms with Gasteiger partial charge in [-0.3, -0.25) is 9.69 Å². The Bertz CT molecular complexity index is 803. The predicted octanol–water partition coefficient (Wildman–Crippen LogP) is 4.68. The topological polar surface area (TPSA) is 41.6 Å². The van der Waals surface area contributed by atoms with Crippen LogP contribution in [0.2, 0.25) is 5.02 Å². The third-order valence-electron chi connectivity index (χ3n) is 5.50. The second-order valence-corrected chi connectivity index (χ2v) is 7.83. The largest absolute Gasteiger partial charge is 0.483 e. The van der Waals surface area contributed by atoms with Crippen molar-refractivity contribution in [2.24, 2.45) is 0 Å². The number of nitrogens with one attached hydrogen (secondary N) is 1. The lowest BCUT2D eigenvalue weighted by atomic mass is 10.0. The number of rotatable bonds is 7. The van der Waals surface area contributed by atoms with Crippen LogP contribution in [0.5, 0.6) is 5.75 Å². The van der Waals surface area contributed by atoms with E-state index >= 15 is 0 Å². The molecule has 1 aliphatic heterocycles. The van der Waals surface area contributed by atoms with Crippen LogP contribution in [0.4, 0.5) is 0 Å². The van der Waals surface area contributed by atoms with Crippen molar-refractivity contribution in [2.75, 3.05) is 26.2 Å². The molecule has 2 aromatic rings. The average Bonchev–Trinajstić information content (AvgIpc) is 2.71. The highest BCUT2D eigenvalue weighted by Crippen LogP contribution is 2.29. The number of carbonyl (C=O) groups excluding carboxylic acids is 1. The van der Waals surface area contributed by atoms with Crippen molar-refractivity contribution in [3.63, 3.8) is 0 Å². The van der Waals surface area contributed by atoms with Crippen LogP contribution in [-0.2, 0) is 4.79 Å². The van der Waals surface area contributed by atoms with E-state index in [1.165, 1.54) is 19.3 Å². The number of ether oxygens (including phenoxy) is 1. The normalized spacial score (nSPS) is 15.8. The van der Waals surface area contributed by atoms with Crippen molar-refractivity contribution < 1.29 is 9.53 Å². The van der Waals surface area contributed by atoms with Gasteiger partial charge in [-0.05, 0) is 68.6 Å². The summed E-state index contributed by atoms with van der Waals surface area (Å²) in [5, 5.41) is 3.79. The number of halogens is 1. The minimum atomic E-state index is -0.116. The minimum absolute atomic E-state index is 0.0134. The number of hydrogen-bond donors (Lipinski definition) is 1. The summed E-state index contributed by atoms with van der Waals surface area (Å²) >= 11 is 6.46. The third-order valence-corrected chi connectivity index (χ3v) is 5.85. The van der Waals surface area contributed by atoms with E-state index in [1.54, 1.807) is 0 Å². The average molecular weight is 401 g/mol. The summed E-state index contributed by atoms with van der Waals surface area (Å²) in [5.41, 5.74) is 3.29. The van der Waals surface area contributed by atoms with E-state index in [4.69, 9.17) is 16.3 Å². The molecule has 150 valence electrons. The van der Waals surface area contributed by atoms with Crippen LogP contribution in [0.25, 0.3) is 0 Å². The van der Waals surface area contributed by atoms with Gasteiger partial charge in [-0.2, -0.15) is 0 Å². The first-order valence-electron chi connectivity index (χ1n) is 10.0. The Balaban J connectivity index is 1.62. The molecule has 5 heteroatoms. The number of hydrogen-bond acceptors (Lipinski definition) is 3. The smallest absolute Gasteiger partial charge is 0.258 e. The maximum atomic E-state index is 12.4. The lowest BCUT2D eigenvalue weighted by Gasteiger charge is -2.35. The first kappa shape index (κ1) is 20.7. The van der Waals surface area contributed by atoms with Crippen molar-refractivity contribution in [1.29, 1.82) is 0 Å². The van der Waals surface area contributed by atoms with Gasteiger partial charge >= 0.3 is 0 Å². The van der Waals surface area contributed by atoms with Crippen molar-refractivity contribution in [1.82, 2.24) is 10.2 Å². The standard InChI is InChI=1S/C23H29ClN2O2/c1-17-9-8-12-22(18(17)2)28-16-23(27)25-15-21(26-13-6-3-7-14-26)19-10-4-5-11-20(19)24/h4-5,8-12,21H,3,6-7,13-16H2,1-2H3,(H,25,27). The van der Waals surface area contributed by atoms with E-state index in [0.29, 0.717) is 6.54 Å². The Morgan fingerprint density at radius 1 is 1.11 bits per heavy atom. The van der Waals surface area contributed by atoms with E-state index in [2.05, 4.69) is 16.3 Å². The molecule has 1 aliphatic rings. The van der Waals surface area contributed by atoms with Crippen LogP contribution >= 0.6 is 11.6 Å². The molecule has 0 aromatic heterocycles. The second-order valence-electron chi connectivity index (χ2n) is 7.42. The SMILES string of the molecule is Cc1cccc(OCC(=O)NCC(c2ccccc2Cl)N2CCCCC2)c1C. The zero-order chi connectivity index (χ0) is 19.9. The Morgan fingerprint density at radius 3 is 2.61 bits per heavy atom. The summed E-state index contributed by atoms with van der Waals surface area (Å²) in [5.74, 6) is 0.642. The number of likely N-dealkylation sites (tertiary alicyclic amines) is 1.